The lowest BCUT2D eigenvalue weighted by Gasteiger charge is -2.01. The molecule has 0 bridgehead atoms. The van der Waals surface area contributed by atoms with Gasteiger partial charge in [0.2, 0.25) is 0 Å². The van der Waals surface area contributed by atoms with Crippen molar-refractivity contribution in [2.24, 2.45) is 10.8 Å². The molecule has 4 N–H and O–H groups in total. The molecule has 0 unspecified atom stereocenters. The van der Waals surface area contributed by atoms with Crippen molar-refractivity contribution in [1.82, 2.24) is 10.4 Å². The van der Waals surface area contributed by atoms with Gasteiger partial charge in [-0.3, -0.25) is 0 Å². The van der Waals surface area contributed by atoms with Crippen LogP contribution in [0.15, 0.2) is 23.4 Å². The Labute approximate surface area is 81.2 Å². The Hall–Kier alpha value is -2.11. The van der Waals surface area contributed by atoms with Gasteiger partial charge in [-0.2, -0.15) is 5.10 Å². The number of pyridine rings is 1. The van der Waals surface area contributed by atoms with Gasteiger partial charge in [0.15, 0.2) is 0 Å². The smallest absolute Gasteiger partial charge is 0.332 e. The van der Waals surface area contributed by atoms with E-state index in [0.29, 0.717) is 5.82 Å². The van der Waals surface area contributed by atoms with Crippen molar-refractivity contribution < 1.29 is 4.79 Å². The minimum absolute atomic E-state index is 0.683. The number of hydrogen-bond donors (Lipinski definition) is 3. The second kappa shape index (κ2) is 4.80. The molecule has 0 aliphatic rings. The van der Waals surface area contributed by atoms with E-state index in [9.17, 15) is 4.79 Å². The molecule has 1 heterocycles. The number of hydrazone groups is 1. The van der Waals surface area contributed by atoms with Gasteiger partial charge in [-0.1, -0.05) is 0 Å². The topological polar surface area (TPSA) is 92.4 Å². The highest BCUT2D eigenvalue weighted by molar-refractivity contribution is 5.86. The number of nitrogens with two attached hydrogens (primary N) is 1. The number of anilines is 1. The third-order valence-corrected chi connectivity index (χ3v) is 1.45. The lowest BCUT2D eigenvalue weighted by Crippen LogP contribution is -2.24. The van der Waals surface area contributed by atoms with Crippen LogP contribution in [0.1, 0.15) is 5.56 Å². The zero-order valence-electron chi connectivity index (χ0n) is 7.69. The van der Waals surface area contributed by atoms with E-state index in [1.165, 1.54) is 6.21 Å². The fourth-order valence-electron chi connectivity index (χ4n) is 0.896. The lowest BCUT2D eigenvalue weighted by atomic mass is 10.3. The molecular weight excluding hydrogens is 182 g/mol. The van der Waals surface area contributed by atoms with E-state index >= 15 is 0 Å². The molecule has 2 amide bonds. The van der Waals surface area contributed by atoms with Crippen molar-refractivity contribution in [3.63, 3.8) is 0 Å². The van der Waals surface area contributed by atoms with E-state index in [-0.39, 0.29) is 0 Å². The first-order valence-corrected chi connectivity index (χ1v) is 3.95. The fraction of sp³-hybridized carbons (Fsp3) is 0.125. The average Bonchev–Trinajstić information content (AvgIpc) is 2.18. The van der Waals surface area contributed by atoms with Crippen molar-refractivity contribution in [2.75, 3.05) is 12.4 Å². The van der Waals surface area contributed by atoms with Crippen LogP contribution in [-0.4, -0.2) is 24.3 Å². The first-order chi connectivity index (χ1) is 6.74. The van der Waals surface area contributed by atoms with Crippen LogP contribution in [0.4, 0.5) is 10.6 Å². The summed E-state index contributed by atoms with van der Waals surface area (Å²) < 4.78 is 0. The van der Waals surface area contributed by atoms with Crippen molar-refractivity contribution in [3.8, 4) is 0 Å². The van der Waals surface area contributed by atoms with Gasteiger partial charge in [0.1, 0.15) is 5.82 Å². The first kappa shape index (κ1) is 9.97. The number of carbonyl (C=O) groups is 1. The highest BCUT2D eigenvalue weighted by Crippen LogP contribution is 2.06. The number of amides is 2. The predicted molar refractivity (Wildman–Crippen MR) is 54.1 cm³/mol. The van der Waals surface area contributed by atoms with Crippen LogP contribution in [0.2, 0.25) is 0 Å². The molecule has 1 aromatic heterocycles. The van der Waals surface area contributed by atoms with Crippen molar-refractivity contribution in [1.29, 1.82) is 0 Å². The second-order valence-electron chi connectivity index (χ2n) is 2.43. The summed E-state index contributed by atoms with van der Waals surface area (Å²) in [4.78, 5) is 14.4. The maximum Gasteiger partial charge on any atom is 0.332 e. The summed E-state index contributed by atoms with van der Waals surface area (Å²) in [7, 11) is 1.75. The Morgan fingerprint density at radius 1 is 1.71 bits per heavy atom. The van der Waals surface area contributed by atoms with Gasteiger partial charge in [-0.25, -0.2) is 15.2 Å². The molecule has 0 aliphatic heterocycles. The fourth-order valence-corrected chi connectivity index (χ4v) is 0.896. The average molecular weight is 193 g/mol. The summed E-state index contributed by atoms with van der Waals surface area (Å²) >= 11 is 0. The molecule has 0 saturated heterocycles. The van der Waals surface area contributed by atoms with Crippen LogP contribution in [-0.2, 0) is 0 Å². The molecule has 74 valence electrons. The maximum absolute atomic E-state index is 10.3. The van der Waals surface area contributed by atoms with Crippen molar-refractivity contribution in [3.05, 3.63) is 23.9 Å². The van der Waals surface area contributed by atoms with Crippen LogP contribution in [0.5, 0.6) is 0 Å². The van der Waals surface area contributed by atoms with Gasteiger partial charge < -0.3 is 11.1 Å². The molecule has 0 aliphatic carbocycles. The van der Waals surface area contributed by atoms with Crippen LogP contribution >= 0.6 is 0 Å². The third-order valence-electron chi connectivity index (χ3n) is 1.45. The van der Waals surface area contributed by atoms with Gasteiger partial charge in [-0.15, -0.1) is 0 Å². The molecular formula is C8H11N5O. The van der Waals surface area contributed by atoms with Gasteiger partial charge in [0.05, 0.1) is 6.21 Å². The molecule has 6 heteroatoms. The second-order valence-corrected chi connectivity index (χ2v) is 2.43. The maximum atomic E-state index is 10.3. The van der Waals surface area contributed by atoms with E-state index in [0.717, 1.165) is 5.56 Å². The molecule has 0 spiro atoms. The molecule has 0 fully saturated rings. The number of primary amides is 1. The Morgan fingerprint density at radius 2 is 2.50 bits per heavy atom. The molecule has 0 atom stereocenters. The van der Waals surface area contributed by atoms with Gasteiger partial charge >= 0.3 is 6.03 Å². The number of rotatable bonds is 3. The van der Waals surface area contributed by atoms with Crippen LogP contribution in [0.25, 0.3) is 0 Å². The number of nitrogens with one attached hydrogen (secondary N) is 2. The minimum Gasteiger partial charge on any atom is -0.373 e. The summed E-state index contributed by atoms with van der Waals surface area (Å²) in [6.07, 6.45) is 3.12. The Kier molecular flexibility index (Phi) is 3.42. The van der Waals surface area contributed by atoms with E-state index in [4.69, 9.17) is 5.73 Å². The normalized spacial score (nSPS) is 10.1. The molecule has 1 rings (SSSR count). The SMILES string of the molecule is CNc1ncccc1/C=N\NC(N)=O. The summed E-state index contributed by atoms with van der Waals surface area (Å²) in [6, 6.07) is 2.88. The molecule has 0 radical (unpaired) electrons. The van der Waals surface area contributed by atoms with Crippen molar-refractivity contribution >= 4 is 18.1 Å². The lowest BCUT2D eigenvalue weighted by molar-refractivity contribution is 0.249. The van der Waals surface area contributed by atoms with Gasteiger partial charge in [-0.05, 0) is 12.1 Å². The zero-order valence-corrected chi connectivity index (χ0v) is 7.69. The zero-order chi connectivity index (χ0) is 10.4. The predicted octanol–water partition coefficient (Wildman–Crippen LogP) is 0.126. The Balaban J connectivity index is 2.75. The molecule has 6 nitrogen and oxygen atoms in total. The monoisotopic (exact) mass is 193 g/mol. The van der Waals surface area contributed by atoms with Crippen LogP contribution < -0.4 is 16.5 Å². The van der Waals surface area contributed by atoms with E-state index < -0.39 is 6.03 Å². The largest absolute Gasteiger partial charge is 0.373 e. The number of carbonyl (C=O) groups excluding carboxylic acids is 1. The molecule has 14 heavy (non-hydrogen) atoms. The van der Waals surface area contributed by atoms with Gasteiger partial charge in [0, 0.05) is 18.8 Å². The Morgan fingerprint density at radius 3 is 3.14 bits per heavy atom. The highest BCUT2D eigenvalue weighted by Gasteiger charge is 1.96. The van der Waals surface area contributed by atoms with Crippen LogP contribution in [0, 0.1) is 0 Å². The third kappa shape index (κ3) is 2.74. The number of hydrogen-bond acceptors (Lipinski definition) is 4. The Bertz CT molecular complexity index is 349. The van der Waals surface area contributed by atoms with E-state index in [2.05, 4.69) is 20.8 Å². The summed E-state index contributed by atoms with van der Waals surface area (Å²) in [5.41, 5.74) is 7.70. The van der Waals surface area contributed by atoms with E-state index in [1.807, 2.05) is 6.07 Å². The summed E-state index contributed by atoms with van der Waals surface area (Å²) in [5, 5.41) is 6.51. The summed E-state index contributed by atoms with van der Waals surface area (Å²) in [5.74, 6) is 0.683. The quantitative estimate of drug-likeness (QED) is 0.470. The number of urea groups is 1. The highest BCUT2D eigenvalue weighted by atomic mass is 16.2. The number of nitrogens with zero attached hydrogens (tertiary/aromatic N) is 2. The standard InChI is InChI=1S/C8H11N5O/c1-10-7-6(3-2-4-11-7)5-12-13-8(9)14/h2-5H,1H3,(H,10,11)(H3,9,13,14)/b12-5-. The number of aromatic nitrogens is 1. The first-order valence-electron chi connectivity index (χ1n) is 3.95. The molecule has 1 aromatic rings. The molecule has 0 aromatic carbocycles. The summed E-state index contributed by atoms with van der Waals surface area (Å²) in [6.45, 7) is 0. The van der Waals surface area contributed by atoms with E-state index in [1.54, 1.807) is 19.3 Å². The molecule has 0 saturated carbocycles. The van der Waals surface area contributed by atoms with Crippen LogP contribution in [0.3, 0.4) is 0 Å². The van der Waals surface area contributed by atoms with Gasteiger partial charge in [0.25, 0.3) is 0 Å². The minimum atomic E-state index is -0.698. The van der Waals surface area contributed by atoms with Crippen molar-refractivity contribution in [2.45, 2.75) is 0 Å².